The van der Waals surface area contributed by atoms with Crippen molar-refractivity contribution in [3.05, 3.63) is 18.2 Å². The van der Waals surface area contributed by atoms with Crippen molar-refractivity contribution in [3.8, 4) is 0 Å². The molecule has 180 valence electrons. The average molecular weight is 483 g/mol. The van der Waals surface area contributed by atoms with E-state index in [1.807, 2.05) is 39.0 Å². The van der Waals surface area contributed by atoms with Crippen LogP contribution >= 0.6 is 11.8 Å². The summed E-state index contributed by atoms with van der Waals surface area (Å²) < 4.78 is 11.9. The molecule has 32 heavy (non-hydrogen) atoms. The third kappa shape index (κ3) is 7.79. The lowest BCUT2D eigenvalue weighted by atomic mass is 10.1. The molecule has 0 spiro atoms. The van der Waals surface area contributed by atoms with Gasteiger partial charge in [-0.3, -0.25) is 9.59 Å². The highest BCUT2D eigenvalue weighted by Crippen LogP contribution is 2.38. The minimum absolute atomic E-state index is 0.0243. The van der Waals surface area contributed by atoms with Gasteiger partial charge in [0, 0.05) is 17.1 Å². The lowest BCUT2D eigenvalue weighted by Gasteiger charge is -2.40. The Kier molecular flexibility index (Phi) is 8.47. The van der Waals surface area contributed by atoms with E-state index in [0.717, 1.165) is 16.3 Å². The largest absolute Gasteiger partial charge is 0.460 e. The van der Waals surface area contributed by atoms with Crippen LogP contribution in [0.5, 0.6) is 0 Å². The van der Waals surface area contributed by atoms with E-state index in [9.17, 15) is 14.7 Å². The fourth-order valence-electron chi connectivity index (χ4n) is 2.91. The Hall–Kier alpha value is -1.55. The summed E-state index contributed by atoms with van der Waals surface area (Å²) >= 11 is 1.50. The molecule has 0 saturated heterocycles. The minimum atomic E-state index is -2.24. The topological polar surface area (TPSA) is 96.9 Å². The minimum Gasteiger partial charge on any atom is -0.460 e. The molecule has 0 aliphatic carbocycles. The summed E-state index contributed by atoms with van der Waals surface area (Å²) in [6.45, 7) is 16.2. The number of thioether (sulfide) groups is 1. The van der Waals surface area contributed by atoms with E-state index in [1.165, 1.54) is 11.8 Å². The van der Waals surface area contributed by atoms with E-state index in [4.69, 9.17) is 9.16 Å². The van der Waals surface area contributed by atoms with E-state index in [1.54, 1.807) is 0 Å². The molecule has 1 aromatic rings. The third-order valence-electron chi connectivity index (χ3n) is 5.60. The summed E-state index contributed by atoms with van der Waals surface area (Å²) in [4.78, 5) is 25.2. The second kappa shape index (κ2) is 10.2. The van der Waals surface area contributed by atoms with E-state index < -0.39 is 32.1 Å². The first kappa shape index (κ1) is 26.7. The zero-order valence-electron chi connectivity index (χ0n) is 20.5. The maximum absolute atomic E-state index is 12.5. The molecule has 1 heterocycles. The van der Waals surface area contributed by atoms with Gasteiger partial charge in [0.1, 0.15) is 5.60 Å². The molecule has 9 heteroatoms. The number of hydrogen-bond donors (Lipinski definition) is 3. The predicted octanol–water partition coefficient (Wildman–Crippen LogP) is 4.63. The van der Waals surface area contributed by atoms with Crippen LogP contribution in [0.3, 0.4) is 0 Å². The molecular weight excluding hydrogens is 444 g/mol. The van der Waals surface area contributed by atoms with Crippen molar-refractivity contribution in [2.24, 2.45) is 0 Å². The number of benzene rings is 1. The molecule has 1 aromatic carbocycles. The van der Waals surface area contributed by atoms with Crippen LogP contribution in [0.15, 0.2) is 23.1 Å². The Labute approximate surface area is 197 Å². The van der Waals surface area contributed by atoms with Gasteiger partial charge >= 0.3 is 5.97 Å². The normalized spacial score (nSPS) is 16.6. The quantitative estimate of drug-likeness (QED) is 0.367. The third-order valence-corrected chi connectivity index (χ3v) is 11.2. The van der Waals surface area contributed by atoms with Crippen molar-refractivity contribution in [1.82, 2.24) is 0 Å². The van der Waals surface area contributed by atoms with Crippen molar-refractivity contribution in [1.29, 1.82) is 0 Å². The molecule has 0 radical (unpaired) electrons. The van der Waals surface area contributed by atoms with Crippen molar-refractivity contribution in [2.75, 3.05) is 22.9 Å². The number of carbonyl (C=O) groups is 2. The van der Waals surface area contributed by atoms with Gasteiger partial charge in [-0.1, -0.05) is 20.8 Å². The number of esters is 1. The molecule has 0 aromatic heterocycles. The highest BCUT2D eigenvalue weighted by molar-refractivity contribution is 8.00. The first-order valence-electron chi connectivity index (χ1n) is 11.0. The standard InChI is InChI=1S/C23H38N2O5SSi/c1-22(2,3)29-21(28)12-18(30-32(7,8)23(4,5)6)17(26)13-24-15-9-10-19-16(11-15)25-20(27)14-31-19/h9-11,17-18,24,26H,12-14H2,1-8H3,(H,25,27). The van der Waals surface area contributed by atoms with Crippen LogP contribution < -0.4 is 10.6 Å². The second-order valence-electron chi connectivity index (χ2n) is 10.7. The molecule has 0 saturated carbocycles. The maximum Gasteiger partial charge on any atom is 0.308 e. The molecule has 0 bridgehead atoms. The first-order valence-corrected chi connectivity index (χ1v) is 14.8. The van der Waals surface area contributed by atoms with Crippen molar-refractivity contribution < 1.29 is 23.9 Å². The van der Waals surface area contributed by atoms with Crippen LogP contribution in [-0.4, -0.2) is 55.4 Å². The van der Waals surface area contributed by atoms with Gasteiger partial charge in [-0.2, -0.15) is 0 Å². The summed E-state index contributed by atoms with van der Waals surface area (Å²) in [5.74, 6) is -0.0102. The van der Waals surface area contributed by atoms with Crippen molar-refractivity contribution in [3.63, 3.8) is 0 Å². The SMILES string of the molecule is CC(C)(C)OC(=O)CC(O[Si](C)(C)C(C)(C)C)C(O)CNc1ccc2c(c1)NC(=O)CS2. The molecular formula is C23H38N2O5SSi. The molecule has 1 aliphatic rings. The zero-order valence-corrected chi connectivity index (χ0v) is 22.3. The fourth-order valence-corrected chi connectivity index (χ4v) is 5.05. The Balaban J connectivity index is 2.11. The number of anilines is 2. The number of aliphatic hydroxyl groups excluding tert-OH is 1. The van der Waals surface area contributed by atoms with Crippen LogP contribution in [0.25, 0.3) is 0 Å². The fraction of sp³-hybridized carbons (Fsp3) is 0.652. The lowest BCUT2D eigenvalue weighted by molar-refractivity contribution is -0.158. The van der Waals surface area contributed by atoms with E-state index in [0.29, 0.717) is 5.75 Å². The lowest BCUT2D eigenvalue weighted by Crippen LogP contribution is -2.49. The van der Waals surface area contributed by atoms with Gasteiger partial charge in [-0.25, -0.2) is 0 Å². The van der Waals surface area contributed by atoms with Gasteiger partial charge in [0.15, 0.2) is 8.32 Å². The van der Waals surface area contributed by atoms with Crippen molar-refractivity contribution >= 4 is 43.3 Å². The molecule has 7 nitrogen and oxygen atoms in total. The van der Waals surface area contributed by atoms with Gasteiger partial charge in [0.05, 0.1) is 30.1 Å². The number of amides is 1. The molecule has 3 N–H and O–H groups in total. The van der Waals surface area contributed by atoms with Gasteiger partial charge in [0.2, 0.25) is 5.91 Å². The van der Waals surface area contributed by atoms with E-state index in [2.05, 4.69) is 44.5 Å². The molecule has 0 fully saturated rings. The predicted molar refractivity (Wildman–Crippen MR) is 133 cm³/mol. The number of hydrogen-bond acceptors (Lipinski definition) is 7. The van der Waals surface area contributed by atoms with Crippen LogP contribution in [0.1, 0.15) is 48.0 Å². The van der Waals surface area contributed by atoms with Crippen LogP contribution in [0.2, 0.25) is 18.1 Å². The molecule has 2 unspecified atom stereocenters. The molecule has 1 amide bonds. The smallest absolute Gasteiger partial charge is 0.308 e. The number of aliphatic hydroxyl groups is 1. The highest BCUT2D eigenvalue weighted by atomic mass is 32.2. The highest BCUT2D eigenvalue weighted by Gasteiger charge is 2.41. The summed E-state index contributed by atoms with van der Waals surface area (Å²) in [6, 6.07) is 5.70. The number of rotatable bonds is 8. The summed E-state index contributed by atoms with van der Waals surface area (Å²) in [5, 5.41) is 17.0. The number of nitrogens with one attached hydrogen (secondary N) is 2. The second-order valence-corrected chi connectivity index (χ2v) is 16.5. The van der Waals surface area contributed by atoms with Crippen LogP contribution in [0, 0.1) is 0 Å². The van der Waals surface area contributed by atoms with E-state index in [-0.39, 0.29) is 23.9 Å². The first-order chi connectivity index (χ1) is 14.6. The van der Waals surface area contributed by atoms with Gasteiger partial charge in [-0.15, -0.1) is 11.8 Å². The number of ether oxygens (including phenoxy) is 1. The average Bonchev–Trinajstić information content (AvgIpc) is 2.62. The molecule has 2 atom stereocenters. The Bertz CT molecular complexity index is 833. The number of fused-ring (bicyclic) bond motifs is 1. The van der Waals surface area contributed by atoms with E-state index >= 15 is 0 Å². The van der Waals surface area contributed by atoms with Crippen LogP contribution in [-0.2, 0) is 18.8 Å². The Morgan fingerprint density at radius 2 is 1.91 bits per heavy atom. The van der Waals surface area contributed by atoms with Gasteiger partial charge in [0.25, 0.3) is 0 Å². The van der Waals surface area contributed by atoms with Gasteiger partial charge < -0.3 is 24.9 Å². The summed E-state index contributed by atoms with van der Waals surface area (Å²) in [6.07, 6.45) is -1.63. The van der Waals surface area contributed by atoms with Gasteiger partial charge in [-0.05, 0) is 57.1 Å². The maximum atomic E-state index is 12.5. The Morgan fingerprint density at radius 1 is 1.25 bits per heavy atom. The molecule has 2 rings (SSSR count). The monoisotopic (exact) mass is 482 g/mol. The number of carbonyl (C=O) groups excluding carboxylic acids is 2. The summed E-state index contributed by atoms with van der Waals surface area (Å²) in [5.41, 5.74) is 0.926. The Morgan fingerprint density at radius 3 is 2.50 bits per heavy atom. The van der Waals surface area contributed by atoms with Crippen molar-refractivity contribution in [2.45, 2.75) is 88.8 Å². The molecule has 1 aliphatic heterocycles. The van der Waals surface area contributed by atoms with Crippen LogP contribution in [0.4, 0.5) is 11.4 Å². The zero-order chi connectivity index (χ0) is 24.3. The summed E-state index contributed by atoms with van der Waals surface area (Å²) in [7, 11) is -2.24.